The number of hydrogen-bond acceptors (Lipinski definition) is 3. The Bertz CT molecular complexity index is 559. The van der Waals surface area contributed by atoms with Crippen LogP contribution in [-0.2, 0) is 9.53 Å². The number of hydrogen-bond donors (Lipinski definition) is 1. The van der Waals surface area contributed by atoms with Crippen LogP contribution in [0.15, 0.2) is 18.2 Å². The van der Waals surface area contributed by atoms with E-state index in [2.05, 4.69) is 0 Å². The Morgan fingerprint density at radius 3 is 2.86 bits per heavy atom. The summed E-state index contributed by atoms with van der Waals surface area (Å²) in [4.78, 5) is 14.6. The van der Waals surface area contributed by atoms with E-state index in [1.54, 1.807) is 6.07 Å². The predicted octanol–water partition coefficient (Wildman–Crippen LogP) is 2.77. The van der Waals surface area contributed by atoms with Crippen LogP contribution in [0.25, 0.3) is 0 Å². The van der Waals surface area contributed by atoms with E-state index in [1.165, 1.54) is 0 Å². The van der Waals surface area contributed by atoms with Crippen molar-refractivity contribution >= 4 is 29.1 Å². The minimum atomic E-state index is -0.876. The van der Waals surface area contributed by atoms with Gasteiger partial charge in [-0.2, -0.15) is 0 Å². The summed E-state index contributed by atoms with van der Waals surface area (Å²) in [5, 5.41) is 1.04. The molecular weight excluding hydrogens is 311 g/mol. The first-order chi connectivity index (χ1) is 10.0. The Balaban J connectivity index is 1.85. The van der Waals surface area contributed by atoms with Crippen molar-refractivity contribution in [2.75, 3.05) is 19.8 Å². The van der Waals surface area contributed by atoms with E-state index in [0.717, 1.165) is 24.9 Å². The van der Waals surface area contributed by atoms with Gasteiger partial charge in [0.2, 0.25) is 5.91 Å². The Labute approximate surface area is 134 Å². The van der Waals surface area contributed by atoms with Crippen LogP contribution >= 0.6 is 23.2 Å². The van der Waals surface area contributed by atoms with Crippen molar-refractivity contribution < 1.29 is 9.53 Å². The summed E-state index contributed by atoms with van der Waals surface area (Å²) in [6.45, 7) is 1.58. The highest BCUT2D eigenvalue weighted by Crippen LogP contribution is 2.36. The van der Waals surface area contributed by atoms with Crippen molar-refractivity contribution in [1.29, 1.82) is 0 Å². The second-order valence-electron chi connectivity index (χ2n) is 5.79. The zero-order chi connectivity index (χ0) is 15.0. The number of ether oxygens (including phenoxy) is 1. The van der Waals surface area contributed by atoms with Gasteiger partial charge in [0.15, 0.2) is 0 Å². The third-order valence-corrected chi connectivity index (χ3v) is 5.06. The molecule has 0 aliphatic carbocycles. The van der Waals surface area contributed by atoms with Crippen molar-refractivity contribution in [3.8, 4) is 0 Å². The van der Waals surface area contributed by atoms with E-state index in [4.69, 9.17) is 33.7 Å². The first-order valence-electron chi connectivity index (χ1n) is 7.14. The number of benzene rings is 1. The van der Waals surface area contributed by atoms with Crippen LogP contribution in [0.5, 0.6) is 0 Å². The molecule has 2 heterocycles. The lowest BCUT2D eigenvalue weighted by atomic mass is 9.96. The molecule has 2 saturated heterocycles. The van der Waals surface area contributed by atoms with Gasteiger partial charge in [0.25, 0.3) is 0 Å². The fraction of sp³-hybridized carbons (Fsp3) is 0.533. The summed E-state index contributed by atoms with van der Waals surface area (Å²) in [6.07, 6.45) is 2.46. The second-order valence-corrected chi connectivity index (χ2v) is 6.60. The molecule has 4 nitrogen and oxygen atoms in total. The molecule has 2 N–H and O–H groups in total. The van der Waals surface area contributed by atoms with Crippen molar-refractivity contribution in [1.82, 2.24) is 4.90 Å². The largest absolute Gasteiger partial charge is 0.379 e. The SMILES string of the molecule is NC1(C(=O)N2CCCC2c2ccc(Cl)c(Cl)c2)CCOC1. The summed E-state index contributed by atoms with van der Waals surface area (Å²) in [5.74, 6) is -0.0198. The van der Waals surface area contributed by atoms with Gasteiger partial charge in [-0.1, -0.05) is 29.3 Å². The first-order valence-corrected chi connectivity index (χ1v) is 7.89. The maximum atomic E-state index is 12.8. The summed E-state index contributed by atoms with van der Waals surface area (Å²) < 4.78 is 5.31. The Hall–Kier alpha value is -0.810. The van der Waals surface area contributed by atoms with Gasteiger partial charge in [0.05, 0.1) is 22.7 Å². The molecule has 2 atom stereocenters. The molecule has 1 aromatic rings. The third kappa shape index (κ3) is 2.78. The van der Waals surface area contributed by atoms with Gasteiger partial charge in [0, 0.05) is 13.2 Å². The van der Waals surface area contributed by atoms with Crippen molar-refractivity contribution in [2.45, 2.75) is 30.8 Å². The molecule has 0 aromatic heterocycles. The van der Waals surface area contributed by atoms with Crippen LogP contribution in [-0.4, -0.2) is 36.1 Å². The fourth-order valence-corrected chi connectivity index (χ4v) is 3.42. The summed E-state index contributed by atoms with van der Waals surface area (Å²) >= 11 is 12.1. The van der Waals surface area contributed by atoms with Gasteiger partial charge >= 0.3 is 0 Å². The van der Waals surface area contributed by atoms with Gasteiger partial charge in [-0.15, -0.1) is 0 Å². The molecule has 2 aliphatic rings. The normalized spacial score (nSPS) is 29.1. The highest BCUT2D eigenvalue weighted by atomic mass is 35.5. The molecule has 3 rings (SSSR count). The van der Waals surface area contributed by atoms with E-state index in [0.29, 0.717) is 29.7 Å². The van der Waals surface area contributed by atoms with Gasteiger partial charge in [-0.05, 0) is 37.0 Å². The number of carbonyl (C=O) groups is 1. The number of halogens is 2. The summed E-state index contributed by atoms with van der Waals surface area (Å²) in [7, 11) is 0. The molecule has 0 radical (unpaired) electrons. The molecule has 1 aromatic carbocycles. The number of nitrogens with two attached hydrogens (primary N) is 1. The van der Waals surface area contributed by atoms with Crippen molar-refractivity contribution in [2.24, 2.45) is 5.73 Å². The molecule has 114 valence electrons. The quantitative estimate of drug-likeness (QED) is 0.908. The highest BCUT2D eigenvalue weighted by molar-refractivity contribution is 6.42. The molecule has 2 unspecified atom stereocenters. The molecular formula is C15H18Cl2N2O2. The molecule has 21 heavy (non-hydrogen) atoms. The number of carbonyl (C=O) groups excluding carboxylic acids is 1. The molecule has 6 heteroatoms. The van der Waals surface area contributed by atoms with Crippen LogP contribution in [0.3, 0.4) is 0 Å². The molecule has 0 bridgehead atoms. The van der Waals surface area contributed by atoms with E-state index in [1.807, 2.05) is 17.0 Å². The average molecular weight is 329 g/mol. The standard InChI is InChI=1S/C15H18Cl2N2O2/c16-11-4-3-10(8-12(11)17)13-2-1-6-19(13)14(20)15(18)5-7-21-9-15/h3-4,8,13H,1-2,5-7,9,18H2. The van der Waals surface area contributed by atoms with Gasteiger partial charge in [0.1, 0.15) is 5.54 Å². The zero-order valence-electron chi connectivity index (χ0n) is 11.6. The molecule has 0 saturated carbocycles. The minimum absolute atomic E-state index is 0.0198. The fourth-order valence-electron chi connectivity index (χ4n) is 3.11. The van der Waals surface area contributed by atoms with E-state index in [9.17, 15) is 4.79 Å². The Kier molecular flexibility index (Phi) is 4.14. The van der Waals surface area contributed by atoms with Gasteiger partial charge in [-0.3, -0.25) is 4.79 Å². The molecule has 1 amide bonds. The lowest BCUT2D eigenvalue weighted by molar-refractivity contribution is -0.138. The Morgan fingerprint density at radius 2 is 2.19 bits per heavy atom. The lowest BCUT2D eigenvalue weighted by Crippen LogP contribution is -2.55. The highest BCUT2D eigenvalue weighted by Gasteiger charge is 2.44. The van der Waals surface area contributed by atoms with Crippen molar-refractivity contribution in [3.63, 3.8) is 0 Å². The van der Waals surface area contributed by atoms with E-state index in [-0.39, 0.29) is 11.9 Å². The zero-order valence-corrected chi connectivity index (χ0v) is 13.2. The predicted molar refractivity (Wildman–Crippen MR) is 82.5 cm³/mol. The maximum absolute atomic E-state index is 12.8. The molecule has 0 spiro atoms. The van der Waals surface area contributed by atoms with Crippen LogP contribution < -0.4 is 5.73 Å². The van der Waals surface area contributed by atoms with E-state index >= 15 is 0 Å². The van der Waals surface area contributed by atoms with Gasteiger partial charge in [-0.25, -0.2) is 0 Å². The van der Waals surface area contributed by atoms with Crippen LogP contribution in [0, 0.1) is 0 Å². The molecule has 2 aliphatic heterocycles. The minimum Gasteiger partial charge on any atom is -0.379 e. The monoisotopic (exact) mass is 328 g/mol. The first kappa shape index (κ1) is 15.1. The Morgan fingerprint density at radius 1 is 1.38 bits per heavy atom. The summed E-state index contributed by atoms with van der Waals surface area (Å²) in [5.41, 5.74) is 6.35. The number of amides is 1. The van der Waals surface area contributed by atoms with Crippen LogP contribution in [0.4, 0.5) is 0 Å². The van der Waals surface area contributed by atoms with Crippen LogP contribution in [0.2, 0.25) is 10.0 Å². The lowest BCUT2D eigenvalue weighted by Gasteiger charge is -2.32. The van der Waals surface area contributed by atoms with Crippen LogP contribution in [0.1, 0.15) is 30.9 Å². The topological polar surface area (TPSA) is 55.6 Å². The average Bonchev–Trinajstić information content (AvgIpc) is 3.10. The maximum Gasteiger partial charge on any atom is 0.245 e. The third-order valence-electron chi connectivity index (χ3n) is 4.32. The number of likely N-dealkylation sites (tertiary alicyclic amines) is 1. The molecule has 2 fully saturated rings. The number of nitrogens with zero attached hydrogens (tertiary/aromatic N) is 1. The van der Waals surface area contributed by atoms with Gasteiger partial charge < -0.3 is 15.4 Å². The summed E-state index contributed by atoms with van der Waals surface area (Å²) in [6, 6.07) is 5.57. The second kappa shape index (κ2) is 5.76. The number of rotatable bonds is 2. The van der Waals surface area contributed by atoms with Crippen molar-refractivity contribution in [3.05, 3.63) is 33.8 Å². The smallest absolute Gasteiger partial charge is 0.245 e. The van der Waals surface area contributed by atoms with E-state index < -0.39 is 5.54 Å².